The van der Waals surface area contributed by atoms with Crippen molar-refractivity contribution >= 4 is 41.7 Å². The molecular formula is C16H26IN3S. The fraction of sp³-hybridized carbons (Fsp3) is 0.562. The summed E-state index contributed by atoms with van der Waals surface area (Å²) in [5.74, 6) is 2.04. The van der Waals surface area contributed by atoms with Crippen LogP contribution in [0.5, 0.6) is 0 Å². The fourth-order valence-corrected chi connectivity index (χ4v) is 2.69. The lowest BCUT2D eigenvalue weighted by molar-refractivity contribution is 0.493. The molecule has 0 heterocycles. The van der Waals surface area contributed by atoms with E-state index in [1.54, 1.807) is 0 Å². The normalized spacial score (nSPS) is 16.0. The van der Waals surface area contributed by atoms with Crippen LogP contribution >= 0.6 is 35.7 Å². The van der Waals surface area contributed by atoms with E-state index in [1.807, 2.05) is 18.8 Å². The van der Waals surface area contributed by atoms with Gasteiger partial charge in [-0.2, -0.15) is 11.8 Å². The molecule has 5 heteroatoms. The smallest absolute Gasteiger partial charge is 0.191 e. The Morgan fingerprint density at radius 3 is 2.52 bits per heavy atom. The molecule has 1 aliphatic carbocycles. The maximum Gasteiger partial charge on any atom is 0.191 e. The molecule has 1 aromatic rings. The first kappa shape index (κ1) is 18.6. The van der Waals surface area contributed by atoms with Crippen molar-refractivity contribution in [2.45, 2.75) is 19.3 Å². The Balaban J connectivity index is 0.00000220. The molecule has 0 spiro atoms. The zero-order valence-corrected chi connectivity index (χ0v) is 16.0. The van der Waals surface area contributed by atoms with E-state index in [-0.39, 0.29) is 24.0 Å². The van der Waals surface area contributed by atoms with E-state index in [0.717, 1.165) is 24.8 Å². The van der Waals surface area contributed by atoms with E-state index >= 15 is 0 Å². The topological polar surface area (TPSA) is 36.4 Å². The van der Waals surface area contributed by atoms with Gasteiger partial charge in [-0.1, -0.05) is 30.3 Å². The second-order valence-corrected chi connectivity index (χ2v) is 6.49. The van der Waals surface area contributed by atoms with E-state index in [2.05, 4.69) is 52.2 Å². The summed E-state index contributed by atoms with van der Waals surface area (Å²) in [5.41, 5.74) is 1.88. The van der Waals surface area contributed by atoms with E-state index < -0.39 is 0 Å². The van der Waals surface area contributed by atoms with Crippen LogP contribution < -0.4 is 10.6 Å². The predicted octanol–water partition coefficient (Wildman–Crippen LogP) is 3.16. The molecule has 118 valence electrons. The number of thioether (sulfide) groups is 1. The molecular weight excluding hydrogens is 393 g/mol. The number of rotatable bonds is 7. The Labute approximate surface area is 149 Å². The minimum Gasteiger partial charge on any atom is -0.356 e. The summed E-state index contributed by atoms with van der Waals surface area (Å²) in [6.45, 7) is 1.98. The number of hydrogen-bond acceptors (Lipinski definition) is 2. The number of hydrogen-bond donors (Lipinski definition) is 2. The zero-order chi connectivity index (χ0) is 14.3. The molecule has 1 saturated carbocycles. The third-order valence-electron chi connectivity index (χ3n) is 3.83. The summed E-state index contributed by atoms with van der Waals surface area (Å²) in [7, 11) is 1.84. The van der Waals surface area contributed by atoms with Crippen molar-refractivity contribution in [2.75, 3.05) is 32.1 Å². The van der Waals surface area contributed by atoms with Crippen molar-refractivity contribution in [1.82, 2.24) is 10.6 Å². The van der Waals surface area contributed by atoms with Crippen LogP contribution in [-0.4, -0.2) is 38.1 Å². The highest BCUT2D eigenvalue weighted by Gasteiger charge is 2.42. The van der Waals surface area contributed by atoms with Gasteiger partial charge in [0.1, 0.15) is 0 Å². The summed E-state index contributed by atoms with van der Waals surface area (Å²) in [5, 5.41) is 6.83. The molecule has 2 N–H and O–H groups in total. The van der Waals surface area contributed by atoms with Gasteiger partial charge < -0.3 is 10.6 Å². The van der Waals surface area contributed by atoms with Crippen molar-refractivity contribution < 1.29 is 0 Å². The van der Waals surface area contributed by atoms with Crippen LogP contribution in [0.1, 0.15) is 18.4 Å². The molecule has 0 unspecified atom stereocenters. The lowest BCUT2D eigenvalue weighted by Gasteiger charge is -2.18. The van der Waals surface area contributed by atoms with Gasteiger partial charge in [0.15, 0.2) is 5.96 Å². The third kappa shape index (κ3) is 6.46. The van der Waals surface area contributed by atoms with Crippen molar-refractivity contribution in [1.29, 1.82) is 0 Å². The lowest BCUT2D eigenvalue weighted by Crippen LogP contribution is -2.41. The number of aliphatic imine (C=N–C) groups is 1. The number of nitrogens with zero attached hydrogens (tertiary/aromatic N) is 1. The molecule has 1 aromatic carbocycles. The number of nitrogens with one attached hydrogen (secondary N) is 2. The monoisotopic (exact) mass is 419 g/mol. The average Bonchev–Trinajstić information content (AvgIpc) is 3.24. The maximum absolute atomic E-state index is 4.28. The van der Waals surface area contributed by atoms with E-state index in [9.17, 15) is 0 Å². The molecule has 0 aromatic heterocycles. The Morgan fingerprint density at radius 2 is 1.95 bits per heavy atom. The molecule has 0 aliphatic heterocycles. The summed E-state index contributed by atoms with van der Waals surface area (Å²) in [6.07, 6.45) is 5.92. The Morgan fingerprint density at radius 1 is 1.24 bits per heavy atom. The summed E-state index contributed by atoms with van der Waals surface area (Å²) < 4.78 is 0. The van der Waals surface area contributed by atoms with Crippen LogP contribution in [0.3, 0.4) is 0 Å². The SMILES string of the molecule is CN=C(NCCSC)NCC1(Cc2ccccc2)CC1.I. The first-order valence-corrected chi connectivity index (χ1v) is 8.65. The molecule has 0 bridgehead atoms. The zero-order valence-electron chi connectivity index (χ0n) is 12.9. The van der Waals surface area contributed by atoms with E-state index in [0.29, 0.717) is 5.41 Å². The van der Waals surface area contributed by atoms with Crippen molar-refractivity contribution in [3.63, 3.8) is 0 Å². The highest BCUT2D eigenvalue weighted by molar-refractivity contribution is 14.0. The summed E-state index contributed by atoms with van der Waals surface area (Å²) in [6, 6.07) is 10.8. The van der Waals surface area contributed by atoms with Crippen molar-refractivity contribution in [3.05, 3.63) is 35.9 Å². The molecule has 3 nitrogen and oxygen atoms in total. The quantitative estimate of drug-likeness (QED) is 0.309. The first-order valence-electron chi connectivity index (χ1n) is 7.25. The summed E-state index contributed by atoms with van der Waals surface area (Å²) >= 11 is 1.85. The van der Waals surface area contributed by atoms with Gasteiger partial charge in [0, 0.05) is 25.9 Å². The van der Waals surface area contributed by atoms with Gasteiger partial charge in [0.05, 0.1) is 0 Å². The minimum absolute atomic E-state index is 0. The van der Waals surface area contributed by atoms with Gasteiger partial charge in [-0.15, -0.1) is 24.0 Å². The average molecular weight is 419 g/mol. The molecule has 0 amide bonds. The van der Waals surface area contributed by atoms with Crippen molar-refractivity contribution in [3.8, 4) is 0 Å². The van der Waals surface area contributed by atoms with Gasteiger partial charge in [-0.25, -0.2) is 0 Å². The second-order valence-electron chi connectivity index (χ2n) is 5.51. The van der Waals surface area contributed by atoms with Crippen LogP contribution in [-0.2, 0) is 6.42 Å². The second kappa shape index (κ2) is 9.56. The predicted molar refractivity (Wildman–Crippen MR) is 105 cm³/mol. The Hall–Kier alpha value is -0.430. The summed E-state index contributed by atoms with van der Waals surface area (Å²) in [4.78, 5) is 4.28. The van der Waals surface area contributed by atoms with Crippen LogP contribution in [0.2, 0.25) is 0 Å². The molecule has 1 aliphatic rings. The first-order chi connectivity index (χ1) is 9.78. The highest BCUT2D eigenvalue weighted by atomic mass is 127. The lowest BCUT2D eigenvalue weighted by atomic mass is 9.96. The van der Waals surface area contributed by atoms with Gasteiger partial charge in [-0.3, -0.25) is 4.99 Å². The largest absolute Gasteiger partial charge is 0.356 e. The Kier molecular flexibility index (Phi) is 8.48. The van der Waals surface area contributed by atoms with E-state index in [4.69, 9.17) is 0 Å². The van der Waals surface area contributed by atoms with Crippen molar-refractivity contribution in [2.24, 2.45) is 10.4 Å². The molecule has 2 rings (SSSR count). The third-order valence-corrected chi connectivity index (χ3v) is 4.44. The van der Waals surface area contributed by atoms with Gasteiger partial charge in [-0.05, 0) is 36.5 Å². The highest BCUT2D eigenvalue weighted by Crippen LogP contribution is 2.47. The van der Waals surface area contributed by atoms with Gasteiger partial charge >= 0.3 is 0 Å². The molecule has 1 fully saturated rings. The van der Waals surface area contributed by atoms with Crippen LogP contribution in [0.25, 0.3) is 0 Å². The standard InChI is InChI=1S/C16H25N3S.HI/c1-17-15(18-10-11-20-2)19-13-16(8-9-16)12-14-6-4-3-5-7-14;/h3-7H,8-13H2,1-2H3,(H2,17,18,19);1H. The molecule has 21 heavy (non-hydrogen) atoms. The maximum atomic E-state index is 4.28. The minimum atomic E-state index is 0. The van der Waals surface area contributed by atoms with Crippen LogP contribution in [0.4, 0.5) is 0 Å². The number of guanidine groups is 1. The fourth-order valence-electron chi connectivity index (χ4n) is 2.39. The molecule has 0 radical (unpaired) electrons. The van der Waals surface area contributed by atoms with Crippen LogP contribution in [0, 0.1) is 5.41 Å². The molecule has 0 saturated heterocycles. The Bertz CT molecular complexity index is 432. The van der Waals surface area contributed by atoms with Crippen LogP contribution in [0.15, 0.2) is 35.3 Å². The van der Waals surface area contributed by atoms with Gasteiger partial charge in [0.25, 0.3) is 0 Å². The molecule has 0 atom stereocenters. The van der Waals surface area contributed by atoms with Gasteiger partial charge in [0.2, 0.25) is 0 Å². The number of benzene rings is 1. The van der Waals surface area contributed by atoms with E-state index in [1.165, 1.54) is 24.8 Å². The number of halogens is 1.